The Morgan fingerprint density at radius 1 is 1.10 bits per heavy atom. The zero-order valence-electron chi connectivity index (χ0n) is 12.0. The van der Waals surface area contributed by atoms with Crippen molar-refractivity contribution in [1.82, 2.24) is 5.16 Å². The van der Waals surface area contributed by atoms with Gasteiger partial charge in [0.05, 0.1) is 18.2 Å². The van der Waals surface area contributed by atoms with Gasteiger partial charge in [-0.15, -0.1) is 0 Å². The van der Waals surface area contributed by atoms with Gasteiger partial charge in [0.1, 0.15) is 5.75 Å². The van der Waals surface area contributed by atoms with Crippen LogP contribution in [0.2, 0.25) is 0 Å². The Labute approximate surface area is 123 Å². The van der Waals surface area contributed by atoms with Gasteiger partial charge in [0, 0.05) is 0 Å². The lowest BCUT2D eigenvalue weighted by atomic mass is 9.99. The molecule has 0 spiro atoms. The van der Waals surface area contributed by atoms with E-state index in [-0.39, 0.29) is 0 Å². The minimum absolute atomic E-state index is 0.376. The molecule has 4 nitrogen and oxygen atoms in total. The Balaban J connectivity index is 2.22. The average molecular weight is 280 g/mol. The maximum Gasteiger partial charge on any atom is 0.180 e. The van der Waals surface area contributed by atoms with Gasteiger partial charge in [-0.2, -0.15) is 0 Å². The molecular weight excluding hydrogens is 264 g/mol. The first-order valence-corrected chi connectivity index (χ1v) is 6.66. The Hall–Kier alpha value is -2.75. The first kappa shape index (κ1) is 13.2. The highest BCUT2D eigenvalue weighted by molar-refractivity contribution is 5.88. The van der Waals surface area contributed by atoms with Gasteiger partial charge in [-0.25, -0.2) is 0 Å². The van der Waals surface area contributed by atoms with Crippen LogP contribution >= 0.6 is 0 Å². The number of nitrogens with two attached hydrogens (primary N) is 1. The Kier molecular flexibility index (Phi) is 3.36. The molecule has 0 bridgehead atoms. The van der Waals surface area contributed by atoms with Crippen molar-refractivity contribution < 1.29 is 9.26 Å². The number of para-hydroxylation sites is 1. The number of anilines is 1. The SMILES string of the molecule is COc1ccccc1-c1onc(N)c1-c1cccc(C)c1. The smallest absolute Gasteiger partial charge is 0.180 e. The van der Waals surface area contributed by atoms with E-state index in [0.29, 0.717) is 11.6 Å². The molecule has 0 amide bonds. The van der Waals surface area contributed by atoms with Crippen LogP contribution < -0.4 is 10.5 Å². The van der Waals surface area contributed by atoms with E-state index in [1.54, 1.807) is 7.11 Å². The number of rotatable bonds is 3. The van der Waals surface area contributed by atoms with Crippen molar-refractivity contribution in [3.05, 3.63) is 54.1 Å². The zero-order valence-corrected chi connectivity index (χ0v) is 12.0. The largest absolute Gasteiger partial charge is 0.496 e. The number of nitrogens with zero attached hydrogens (tertiary/aromatic N) is 1. The van der Waals surface area contributed by atoms with Crippen LogP contribution in [0.5, 0.6) is 5.75 Å². The molecule has 21 heavy (non-hydrogen) atoms. The number of methoxy groups -OCH3 is 1. The number of nitrogen functional groups attached to an aromatic ring is 1. The molecule has 0 unspecified atom stereocenters. The van der Waals surface area contributed by atoms with Gasteiger partial charge < -0.3 is 15.0 Å². The molecular formula is C17H16N2O2. The van der Waals surface area contributed by atoms with Gasteiger partial charge in [0.25, 0.3) is 0 Å². The van der Waals surface area contributed by atoms with E-state index in [0.717, 1.165) is 28.0 Å². The number of ether oxygens (including phenoxy) is 1. The fourth-order valence-electron chi connectivity index (χ4n) is 2.40. The van der Waals surface area contributed by atoms with Crippen molar-refractivity contribution in [2.75, 3.05) is 12.8 Å². The molecule has 0 saturated carbocycles. The van der Waals surface area contributed by atoms with Crippen LogP contribution in [0.15, 0.2) is 53.1 Å². The molecule has 3 rings (SSSR count). The summed E-state index contributed by atoms with van der Waals surface area (Å²) in [5, 5.41) is 3.92. The molecule has 0 aliphatic carbocycles. The monoisotopic (exact) mass is 280 g/mol. The van der Waals surface area contributed by atoms with Crippen LogP contribution in [-0.4, -0.2) is 12.3 Å². The summed E-state index contributed by atoms with van der Waals surface area (Å²) in [7, 11) is 1.63. The topological polar surface area (TPSA) is 61.3 Å². The zero-order chi connectivity index (χ0) is 14.8. The third-order valence-electron chi connectivity index (χ3n) is 3.38. The highest BCUT2D eigenvalue weighted by atomic mass is 16.5. The Morgan fingerprint density at radius 3 is 2.67 bits per heavy atom. The fourth-order valence-corrected chi connectivity index (χ4v) is 2.40. The minimum Gasteiger partial charge on any atom is -0.496 e. The van der Waals surface area contributed by atoms with Crippen molar-refractivity contribution in [2.24, 2.45) is 0 Å². The maximum atomic E-state index is 6.01. The molecule has 2 N–H and O–H groups in total. The molecule has 0 aliphatic rings. The standard InChI is InChI=1S/C17H16N2O2/c1-11-6-5-7-12(10-11)15-16(21-19-17(15)18)13-8-3-4-9-14(13)20-2/h3-10H,1-2H3,(H2,18,19). The lowest BCUT2D eigenvalue weighted by molar-refractivity contribution is 0.407. The summed E-state index contributed by atoms with van der Waals surface area (Å²) in [6, 6.07) is 15.7. The van der Waals surface area contributed by atoms with Crippen molar-refractivity contribution in [1.29, 1.82) is 0 Å². The molecule has 2 aromatic carbocycles. The lowest BCUT2D eigenvalue weighted by Crippen LogP contribution is -1.91. The molecule has 1 heterocycles. The highest BCUT2D eigenvalue weighted by Crippen LogP contribution is 2.40. The van der Waals surface area contributed by atoms with E-state index in [1.165, 1.54) is 0 Å². The van der Waals surface area contributed by atoms with E-state index in [4.69, 9.17) is 15.0 Å². The molecule has 0 aliphatic heterocycles. The fraction of sp³-hybridized carbons (Fsp3) is 0.118. The van der Waals surface area contributed by atoms with Crippen LogP contribution in [0, 0.1) is 6.92 Å². The van der Waals surface area contributed by atoms with Gasteiger partial charge in [-0.3, -0.25) is 0 Å². The molecule has 0 atom stereocenters. The highest BCUT2D eigenvalue weighted by Gasteiger charge is 2.20. The third-order valence-corrected chi connectivity index (χ3v) is 3.38. The van der Waals surface area contributed by atoms with Gasteiger partial charge in [-0.1, -0.05) is 47.1 Å². The minimum atomic E-state index is 0.376. The van der Waals surface area contributed by atoms with E-state index in [1.807, 2.05) is 49.4 Å². The average Bonchev–Trinajstić information content (AvgIpc) is 2.88. The first-order valence-electron chi connectivity index (χ1n) is 6.66. The van der Waals surface area contributed by atoms with Crippen molar-refractivity contribution in [3.63, 3.8) is 0 Å². The summed E-state index contributed by atoms with van der Waals surface area (Å²) in [6.45, 7) is 2.04. The van der Waals surface area contributed by atoms with Crippen molar-refractivity contribution in [3.8, 4) is 28.2 Å². The quantitative estimate of drug-likeness (QED) is 0.790. The predicted molar refractivity (Wildman–Crippen MR) is 83.1 cm³/mol. The second kappa shape index (κ2) is 5.32. The second-order valence-corrected chi connectivity index (χ2v) is 4.84. The molecule has 4 heteroatoms. The van der Waals surface area contributed by atoms with Crippen LogP contribution in [-0.2, 0) is 0 Å². The van der Waals surface area contributed by atoms with E-state index in [9.17, 15) is 0 Å². The summed E-state index contributed by atoms with van der Waals surface area (Å²) in [5.41, 5.74) is 9.77. The number of hydrogen-bond donors (Lipinski definition) is 1. The maximum absolute atomic E-state index is 6.01. The molecule has 0 radical (unpaired) electrons. The van der Waals surface area contributed by atoms with Gasteiger partial charge >= 0.3 is 0 Å². The van der Waals surface area contributed by atoms with Gasteiger partial charge in [-0.05, 0) is 24.6 Å². The van der Waals surface area contributed by atoms with E-state index >= 15 is 0 Å². The number of aryl methyl sites for hydroxylation is 1. The summed E-state index contributed by atoms with van der Waals surface area (Å²) in [4.78, 5) is 0. The normalized spacial score (nSPS) is 10.6. The van der Waals surface area contributed by atoms with Crippen molar-refractivity contribution >= 4 is 5.82 Å². The second-order valence-electron chi connectivity index (χ2n) is 4.84. The van der Waals surface area contributed by atoms with Gasteiger partial charge in [0.15, 0.2) is 11.6 Å². The van der Waals surface area contributed by atoms with Gasteiger partial charge in [0.2, 0.25) is 0 Å². The van der Waals surface area contributed by atoms with Crippen LogP contribution in [0.1, 0.15) is 5.56 Å². The van der Waals surface area contributed by atoms with E-state index < -0.39 is 0 Å². The first-order chi connectivity index (χ1) is 10.2. The molecule has 106 valence electrons. The van der Waals surface area contributed by atoms with E-state index in [2.05, 4.69) is 11.2 Å². The third kappa shape index (κ3) is 2.36. The van der Waals surface area contributed by atoms with Crippen molar-refractivity contribution in [2.45, 2.75) is 6.92 Å². The summed E-state index contributed by atoms with van der Waals surface area (Å²) < 4.78 is 10.9. The number of benzene rings is 2. The summed E-state index contributed by atoms with van der Waals surface area (Å²) in [5.74, 6) is 1.72. The summed E-state index contributed by atoms with van der Waals surface area (Å²) in [6.07, 6.45) is 0. The predicted octanol–water partition coefficient (Wildman–Crippen LogP) is 3.91. The number of hydrogen-bond acceptors (Lipinski definition) is 4. The Morgan fingerprint density at radius 2 is 1.90 bits per heavy atom. The lowest BCUT2D eigenvalue weighted by Gasteiger charge is -2.08. The molecule has 0 fully saturated rings. The van der Waals surface area contributed by atoms with Crippen LogP contribution in [0.3, 0.4) is 0 Å². The molecule has 0 saturated heterocycles. The Bertz CT molecular complexity index is 778. The van der Waals surface area contributed by atoms with Crippen LogP contribution in [0.25, 0.3) is 22.5 Å². The summed E-state index contributed by atoms with van der Waals surface area (Å²) >= 11 is 0. The molecule has 3 aromatic rings. The van der Waals surface area contributed by atoms with Crippen LogP contribution in [0.4, 0.5) is 5.82 Å². The molecule has 1 aromatic heterocycles. The number of aromatic nitrogens is 1.